The Morgan fingerprint density at radius 1 is 1.33 bits per heavy atom. The molecule has 4 nitrogen and oxygen atoms in total. The number of anilines is 1. The second kappa shape index (κ2) is 6.33. The van der Waals surface area contributed by atoms with Crippen molar-refractivity contribution in [2.24, 2.45) is 11.3 Å². The van der Waals surface area contributed by atoms with Crippen LogP contribution in [0.2, 0.25) is 0 Å². The molecular formula is C18H21NO3S2. The Hall–Kier alpha value is -1.66. The van der Waals surface area contributed by atoms with Crippen molar-refractivity contribution in [3.05, 3.63) is 38.4 Å². The van der Waals surface area contributed by atoms with E-state index in [9.17, 15) is 14.7 Å². The second-order valence-electron chi connectivity index (χ2n) is 7.25. The van der Waals surface area contributed by atoms with Gasteiger partial charge in [0.15, 0.2) is 0 Å². The Labute approximate surface area is 149 Å². The Bertz CT molecular complexity index is 769. The highest BCUT2D eigenvalue weighted by Crippen LogP contribution is 2.44. The first-order valence-corrected chi connectivity index (χ1v) is 9.69. The largest absolute Gasteiger partial charge is 0.478 e. The number of hydrogen-bond donors (Lipinski definition) is 2. The van der Waals surface area contributed by atoms with Crippen molar-refractivity contribution in [3.8, 4) is 0 Å². The van der Waals surface area contributed by atoms with E-state index in [-0.39, 0.29) is 16.9 Å². The van der Waals surface area contributed by atoms with Gasteiger partial charge >= 0.3 is 5.97 Å². The third-order valence-corrected chi connectivity index (χ3v) is 6.71. The molecule has 2 aromatic heterocycles. The predicted octanol–water partition coefficient (Wildman–Crippen LogP) is 4.91. The van der Waals surface area contributed by atoms with Crippen molar-refractivity contribution in [3.63, 3.8) is 0 Å². The maximum absolute atomic E-state index is 12.3. The quantitative estimate of drug-likeness (QED) is 0.814. The van der Waals surface area contributed by atoms with E-state index in [0.717, 1.165) is 29.7 Å². The van der Waals surface area contributed by atoms with Crippen molar-refractivity contribution in [2.75, 3.05) is 5.32 Å². The van der Waals surface area contributed by atoms with Crippen LogP contribution in [-0.4, -0.2) is 17.0 Å². The van der Waals surface area contributed by atoms with Gasteiger partial charge < -0.3 is 10.4 Å². The topological polar surface area (TPSA) is 66.4 Å². The molecular weight excluding hydrogens is 342 g/mol. The van der Waals surface area contributed by atoms with Crippen molar-refractivity contribution in [2.45, 2.75) is 40.0 Å². The van der Waals surface area contributed by atoms with Gasteiger partial charge in [0.25, 0.3) is 5.91 Å². The van der Waals surface area contributed by atoms with Crippen LogP contribution in [0.15, 0.2) is 17.5 Å². The molecule has 2 N–H and O–H groups in total. The summed E-state index contributed by atoms with van der Waals surface area (Å²) in [6, 6.07) is 3.55. The van der Waals surface area contributed by atoms with E-state index in [1.807, 2.05) is 11.4 Å². The van der Waals surface area contributed by atoms with Gasteiger partial charge in [-0.25, -0.2) is 4.79 Å². The second-order valence-corrected chi connectivity index (χ2v) is 9.30. The zero-order valence-corrected chi connectivity index (χ0v) is 15.6. The van der Waals surface area contributed by atoms with Gasteiger partial charge in [0, 0.05) is 4.88 Å². The number of carboxylic acid groups (broad SMARTS) is 1. The molecule has 24 heavy (non-hydrogen) atoms. The zero-order valence-electron chi connectivity index (χ0n) is 14.0. The van der Waals surface area contributed by atoms with E-state index in [2.05, 4.69) is 26.1 Å². The van der Waals surface area contributed by atoms with Gasteiger partial charge in [0.05, 0.1) is 10.4 Å². The minimum Gasteiger partial charge on any atom is -0.478 e. The van der Waals surface area contributed by atoms with Gasteiger partial charge in [-0.05, 0) is 47.6 Å². The summed E-state index contributed by atoms with van der Waals surface area (Å²) < 4.78 is 0. The number of hydrogen-bond acceptors (Lipinski definition) is 4. The van der Waals surface area contributed by atoms with E-state index in [1.54, 1.807) is 6.07 Å². The first-order valence-electron chi connectivity index (χ1n) is 8.00. The Morgan fingerprint density at radius 3 is 2.67 bits per heavy atom. The number of carboxylic acids is 1. The lowest BCUT2D eigenvalue weighted by atomic mass is 9.72. The minimum absolute atomic E-state index is 0.200. The van der Waals surface area contributed by atoms with E-state index < -0.39 is 5.97 Å². The predicted molar refractivity (Wildman–Crippen MR) is 98.5 cm³/mol. The number of amides is 1. The van der Waals surface area contributed by atoms with Crippen LogP contribution in [0.5, 0.6) is 0 Å². The SMILES string of the molecule is CC(C)(C)C1CCc2c(sc(NC(=O)c3cccs3)c2C(=O)O)C1. The summed E-state index contributed by atoms with van der Waals surface area (Å²) in [5, 5.41) is 14.8. The van der Waals surface area contributed by atoms with Gasteiger partial charge in [-0.15, -0.1) is 22.7 Å². The maximum Gasteiger partial charge on any atom is 0.339 e. The molecule has 0 aromatic carbocycles. The van der Waals surface area contributed by atoms with Gasteiger partial charge in [-0.3, -0.25) is 4.79 Å². The maximum atomic E-state index is 12.3. The smallest absolute Gasteiger partial charge is 0.339 e. The standard InChI is InChI=1S/C18H21NO3S2/c1-18(2,3)10-6-7-11-13(9-10)24-16(14(11)17(21)22)19-15(20)12-5-4-8-23-12/h4-5,8,10H,6-7,9H2,1-3H3,(H,19,20)(H,21,22). The number of nitrogens with one attached hydrogen (secondary N) is 1. The minimum atomic E-state index is -0.955. The highest BCUT2D eigenvalue weighted by molar-refractivity contribution is 7.17. The average molecular weight is 364 g/mol. The fourth-order valence-corrected chi connectivity index (χ4v) is 5.15. The lowest BCUT2D eigenvalue weighted by Gasteiger charge is -2.33. The summed E-state index contributed by atoms with van der Waals surface area (Å²) in [7, 11) is 0. The molecule has 1 unspecified atom stereocenters. The fraction of sp³-hybridized carbons (Fsp3) is 0.444. The molecule has 128 valence electrons. The van der Waals surface area contributed by atoms with Crippen molar-refractivity contribution < 1.29 is 14.7 Å². The normalized spacial score (nSPS) is 17.4. The molecule has 0 saturated heterocycles. The van der Waals surface area contributed by atoms with Crippen LogP contribution in [0.3, 0.4) is 0 Å². The number of thiophene rings is 2. The van der Waals surface area contributed by atoms with Crippen LogP contribution in [0.4, 0.5) is 5.00 Å². The molecule has 0 bridgehead atoms. The van der Waals surface area contributed by atoms with Crippen LogP contribution in [0, 0.1) is 11.3 Å². The molecule has 0 saturated carbocycles. The summed E-state index contributed by atoms with van der Waals surface area (Å²) in [5.74, 6) is -0.659. The molecule has 1 aliphatic rings. The lowest BCUT2D eigenvalue weighted by Crippen LogP contribution is -2.26. The van der Waals surface area contributed by atoms with Crippen LogP contribution in [0.25, 0.3) is 0 Å². The fourth-order valence-electron chi connectivity index (χ4n) is 3.21. The summed E-state index contributed by atoms with van der Waals surface area (Å²) in [6.45, 7) is 6.69. The summed E-state index contributed by atoms with van der Waals surface area (Å²) in [5.41, 5.74) is 1.40. The molecule has 1 atom stereocenters. The third-order valence-electron chi connectivity index (χ3n) is 4.68. The van der Waals surface area contributed by atoms with E-state index in [1.165, 1.54) is 22.7 Å². The Kier molecular flexibility index (Phi) is 4.53. The highest BCUT2D eigenvalue weighted by Gasteiger charge is 2.34. The Morgan fingerprint density at radius 2 is 2.08 bits per heavy atom. The number of fused-ring (bicyclic) bond motifs is 1. The Balaban J connectivity index is 1.92. The molecule has 0 aliphatic heterocycles. The van der Waals surface area contributed by atoms with Crippen molar-refractivity contribution in [1.29, 1.82) is 0 Å². The van der Waals surface area contributed by atoms with Gasteiger partial charge in [-0.2, -0.15) is 0 Å². The molecule has 1 aliphatic carbocycles. The van der Waals surface area contributed by atoms with Gasteiger partial charge in [0.2, 0.25) is 0 Å². The van der Waals surface area contributed by atoms with Crippen LogP contribution in [0.1, 0.15) is 57.7 Å². The van der Waals surface area contributed by atoms with Crippen LogP contribution in [-0.2, 0) is 12.8 Å². The molecule has 2 heterocycles. The zero-order chi connectivity index (χ0) is 17.5. The number of carbonyl (C=O) groups is 2. The highest BCUT2D eigenvalue weighted by atomic mass is 32.1. The molecule has 3 rings (SSSR count). The molecule has 1 amide bonds. The van der Waals surface area contributed by atoms with Crippen LogP contribution < -0.4 is 5.32 Å². The van der Waals surface area contributed by atoms with E-state index >= 15 is 0 Å². The lowest BCUT2D eigenvalue weighted by molar-refractivity contribution is 0.0696. The molecule has 0 spiro atoms. The molecule has 6 heteroatoms. The van der Waals surface area contributed by atoms with Gasteiger partial charge in [0.1, 0.15) is 5.00 Å². The summed E-state index contributed by atoms with van der Waals surface area (Å²) >= 11 is 2.78. The summed E-state index contributed by atoms with van der Waals surface area (Å²) in [6.07, 6.45) is 2.65. The van der Waals surface area contributed by atoms with E-state index in [4.69, 9.17) is 0 Å². The van der Waals surface area contributed by atoms with Crippen LogP contribution >= 0.6 is 22.7 Å². The number of carbonyl (C=O) groups excluding carboxylic acids is 1. The average Bonchev–Trinajstić information content (AvgIpc) is 3.12. The van der Waals surface area contributed by atoms with Crippen molar-refractivity contribution in [1.82, 2.24) is 0 Å². The summed E-state index contributed by atoms with van der Waals surface area (Å²) in [4.78, 5) is 25.8. The monoisotopic (exact) mass is 363 g/mol. The third kappa shape index (κ3) is 3.26. The van der Waals surface area contributed by atoms with Gasteiger partial charge in [-0.1, -0.05) is 26.8 Å². The van der Waals surface area contributed by atoms with E-state index in [0.29, 0.717) is 15.8 Å². The first-order chi connectivity index (χ1) is 11.3. The molecule has 2 aromatic rings. The molecule has 0 radical (unpaired) electrons. The number of rotatable bonds is 3. The van der Waals surface area contributed by atoms with Crippen molar-refractivity contribution >= 4 is 39.6 Å². The molecule has 0 fully saturated rings. The first kappa shape index (κ1) is 17.2. The number of aromatic carboxylic acids is 1.